The van der Waals surface area contributed by atoms with Crippen LogP contribution in [-0.2, 0) is 22.0 Å². The van der Waals surface area contributed by atoms with Crippen LogP contribution in [0.5, 0.6) is 0 Å². The van der Waals surface area contributed by atoms with Crippen molar-refractivity contribution < 1.29 is 8.42 Å². The summed E-state index contributed by atoms with van der Waals surface area (Å²) in [5.74, 6) is 0.142. The molecule has 0 saturated heterocycles. The highest BCUT2D eigenvalue weighted by Crippen LogP contribution is 2.22. The monoisotopic (exact) mass is 268 g/mol. The maximum atomic E-state index is 11.9. The first kappa shape index (κ1) is 15.2. The molecule has 0 aliphatic carbocycles. The highest BCUT2D eigenvalue weighted by Gasteiger charge is 2.17. The number of hydrogen-bond donors (Lipinski definition) is 0. The fourth-order valence-electron chi connectivity index (χ4n) is 1.84. The van der Waals surface area contributed by atoms with Crippen LogP contribution in [0.2, 0.25) is 0 Å². The lowest BCUT2D eigenvalue weighted by Crippen LogP contribution is -2.16. The Kier molecular flexibility index (Phi) is 4.60. The standard InChI is InChI=1S/C15H24O2S/c1-12(2)18(16,17)11-14-8-6-7-13(9-14)10-15(3,4)5/h6-9,12H,10-11H2,1-5H3. The quantitative estimate of drug-likeness (QED) is 0.836. The molecule has 102 valence electrons. The molecule has 0 amide bonds. The van der Waals surface area contributed by atoms with Crippen molar-refractivity contribution in [2.45, 2.75) is 52.0 Å². The molecule has 0 spiro atoms. The number of hydrogen-bond acceptors (Lipinski definition) is 2. The van der Waals surface area contributed by atoms with Gasteiger partial charge in [-0.05, 0) is 36.8 Å². The Labute approximate surface area is 111 Å². The zero-order valence-electron chi connectivity index (χ0n) is 12.0. The second-order valence-corrected chi connectivity index (χ2v) is 8.97. The lowest BCUT2D eigenvalue weighted by molar-refractivity contribution is 0.411. The molecule has 1 aromatic rings. The Morgan fingerprint density at radius 1 is 1.11 bits per heavy atom. The zero-order valence-corrected chi connectivity index (χ0v) is 12.8. The largest absolute Gasteiger partial charge is 0.228 e. The molecule has 3 heteroatoms. The van der Waals surface area contributed by atoms with Crippen molar-refractivity contribution in [1.82, 2.24) is 0 Å². The molecular weight excluding hydrogens is 244 g/mol. The van der Waals surface area contributed by atoms with Gasteiger partial charge in [-0.2, -0.15) is 0 Å². The molecule has 1 rings (SSSR count). The molecule has 0 unspecified atom stereocenters. The SMILES string of the molecule is CC(C)S(=O)(=O)Cc1cccc(CC(C)(C)C)c1. The van der Waals surface area contributed by atoms with Gasteiger partial charge in [-0.15, -0.1) is 0 Å². The van der Waals surface area contributed by atoms with E-state index in [0.717, 1.165) is 12.0 Å². The number of benzene rings is 1. The van der Waals surface area contributed by atoms with E-state index in [-0.39, 0.29) is 16.4 Å². The average Bonchev–Trinajstić information content (AvgIpc) is 2.13. The third-order valence-electron chi connectivity index (χ3n) is 2.81. The van der Waals surface area contributed by atoms with Gasteiger partial charge in [-0.1, -0.05) is 45.0 Å². The van der Waals surface area contributed by atoms with E-state index in [2.05, 4.69) is 26.8 Å². The lowest BCUT2D eigenvalue weighted by Gasteiger charge is -2.18. The van der Waals surface area contributed by atoms with Gasteiger partial charge in [0.1, 0.15) is 0 Å². The predicted octanol–water partition coefficient (Wildman–Crippen LogP) is 3.60. The van der Waals surface area contributed by atoms with Gasteiger partial charge < -0.3 is 0 Å². The van der Waals surface area contributed by atoms with Crippen LogP contribution in [-0.4, -0.2) is 13.7 Å². The molecule has 0 atom stereocenters. The summed E-state index contributed by atoms with van der Waals surface area (Å²) in [6.45, 7) is 10.0. The minimum atomic E-state index is -3.01. The molecule has 0 aliphatic heterocycles. The summed E-state index contributed by atoms with van der Waals surface area (Å²) >= 11 is 0. The van der Waals surface area contributed by atoms with Crippen molar-refractivity contribution in [3.05, 3.63) is 35.4 Å². The summed E-state index contributed by atoms with van der Waals surface area (Å²) in [5.41, 5.74) is 2.32. The molecule has 0 aromatic heterocycles. The summed E-state index contributed by atoms with van der Waals surface area (Å²) in [4.78, 5) is 0. The second-order valence-electron chi connectivity index (χ2n) is 6.41. The van der Waals surface area contributed by atoms with Crippen LogP contribution in [0, 0.1) is 5.41 Å². The van der Waals surface area contributed by atoms with E-state index in [1.807, 2.05) is 18.2 Å². The molecule has 1 aromatic carbocycles. The third kappa shape index (κ3) is 4.81. The molecule has 0 heterocycles. The zero-order chi connectivity index (χ0) is 14.0. The minimum Gasteiger partial charge on any atom is -0.228 e. The summed E-state index contributed by atoms with van der Waals surface area (Å²) in [7, 11) is -3.01. The number of sulfone groups is 1. The van der Waals surface area contributed by atoms with Crippen molar-refractivity contribution in [2.24, 2.45) is 5.41 Å². The van der Waals surface area contributed by atoms with Gasteiger partial charge in [0.25, 0.3) is 0 Å². The summed E-state index contributed by atoms with van der Waals surface area (Å²) < 4.78 is 23.8. The van der Waals surface area contributed by atoms with E-state index in [4.69, 9.17) is 0 Å². The summed E-state index contributed by atoms with van der Waals surface area (Å²) in [6.07, 6.45) is 0.961. The van der Waals surface area contributed by atoms with Gasteiger partial charge in [0.2, 0.25) is 0 Å². The normalized spacial score (nSPS) is 13.0. The molecule has 0 N–H and O–H groups in total. The Hall–Kier alpha value is -0.830. The van der Waals surface area contributed by atoms with Crippen LogP contribution >= 0.6 is 0 Å². The maximum absolute atomic E-state index is 11.9. The third-order valence-corrected chi connectivity index (χ3v) is 4.98. The first-order valence-corrected chi connectivity index (χ1v) is 8.11. The Bertz CT molecular complexity index is 493. The smallest absolute Gasteiger partial charge is 0.156 e. The molecule has 0 radical (unpaired) electrons. The minimum absolute atomic E-state index is 0.142. The van der Waals surface area contributed by atoms with E-state index in [0.29, 0.717) is 0 Å². The lowest BCUT2D eigenvalue weighted by atomic mass is 9.88. The van der Waals surface area contributed by atoms with E-state index in [1.54, 1.807) is 13.8 Å². The van der Waals surface area contributed by atoms with Gasteiger partial charge in [0.05, 0.1) is 11.0 Å². The first-order valence-electron chi connectivity index (χ1n) is 6.39. The first-order chi connectivity index (χ1) is 8.10. The van der Waals surface area contributed by atoms with E-state index >= 15 is 0 Å². The van der Waals surface area contributed by atoms with Crippen molar-refractivity contribution in [3.63, 3.8) is 0 Å². The fourth-order valence-corrected chi connectivity index (χ4v) is 2.82. The molecule has 0 fully saturated rings. The topological polar surface area (TPSA) is 34.1 Å². The summed E-state index contributed by atoms with van der Waals surface area (Å²) in [5, 5.41) is -0.316. The van der Waals surface area contributed by atoms with Gasteiger partial charge in [-0.25, -0.2) is 8.42 Å². The molecule has 2 nitrogen and oxygen atoms in total. The molecular formula is C15H24O2S. The van der Waals surface area contributed by atoms with Crippen LogP contribution in [0.1, 0.15) is 45.7 Å². The second kappa shape index (κ2) is 5.43. The van der Waals surface area contributed by atoms with Crippen molar-refractivity contribution in [3.8, 4) is 0 Å². The van der Waals surface area contributed by atoms with Crippen LogP contribution < -0.4 is 0 Å². The van der Waals surface area contributed by atoms with E-state index in [1.165, 1.54) is 5.56 Å². The van der Waals surface area contributed by atoms with Crippen LogP contribution in [0.15, 0.2) is 24.3 Å². The molecule has 18 heavy (non-hydrogen) atoms. The summed E-state index contributed by atoms with van der Waals surface area (Å²) in [6, 6.07) is 7.93. The van der Waals surface area contributed by atoms with Gasteiger partial charge in [0, 0.05) is 0 Å². The Balaban J connectivity index is 2.90. The van der Waals surface area contributed by atoms with Crippen LogP contribution in [0.4, 0.5) is 0 Å². The Morgan fingerprint density at radius 3 is 2.17 bits per heavy atom. The van der Waals surface area contributed by atoms with E-state index < -0.39 is 9.84 Å². The highest BCUT2D eigenvalue weighted by atomic mass is 32.2. The average molecular weight is 268 g/mol. The van der Waals surface area contributed by atoms with Crippen molar-refractivity contribution >= 4 is 9.84 Å². The van der Waals surface area contributed by atoms with Gasteiger partial charge in [0.15, 0.2) is 9.84 Å². The van der Waals surface area contributed by atoms with Crippen LogP contribution in [0.25, 0.3) is 0 Å². The van der Waals surface area contributed by atoms with Crippen molar-refractivity contribution in [1.29, 1.82) is 0 Å². The predicted molar refractivity (Wildman–Crippen MR) is 77.4 cm³/mol. The molecule has 0 aliphatic rings. The van der Waals surface area contributed by atoms with Crippen molar-refractivity contribution in [2.75, 3.05) is 0 Å². The number of rotatable bonds is 4. The van der Waals surface area contributed by atoms with Crippen LogP contribution in [0.3, 0.4) is 0 Å². The van der Waals surface area contributed by atoms with E-state index in [9.17, 15) is 8.42 Å². The van der Waals surface area contributed by atoms with Gasteiger partial charge >= 0.3 is 0 Å². The fraction of sp³-hybridized carbons (Fsp3) is 0.600. The highest BCUT2D eigenvalue weighted by molar-refractivity contribution is 7.91. The molecule has 0 bridgehead atoms. The molecule has 0 saturated carbocycles. The maximum Gasteiger partial charge on any atom is 0.156 e. The van der Waals surface area contributed by atoms with Gasteiger partial charge in [-0.3, -0.25) is 0 Å². The Morgan fingerprint density at radius 2 is 1.67 bits per heavy atom.